The third-order valence-corrected chi connectivity index (χ3v) is 5.43. The van der Waals surface area contributed by atoms with Gasteiger partial charge in [-0.25, -0.2) is 4.68 Å². The Bertz CT molecular complexity index is 788. The number of hydrogen-bond donors (Lipinski definition) is 1. The third kappa shape index (κ3) is 3.43. The number of benzene rings is 1. The Morgan fingerprint density at radius 3 is 2.68 bits per heavy atom. The lowest BCUT2D eigenvalue weighted by Crippen LogP contribution is -2.31. The third-order valence-electron chi connectivity index (χ3n) is 4.39. The summed E-state index contributed by atoms with van der Waals surface area (Å²) in [5, 5.41) is 8.35. The van der Waals surface area contributed by atoms with Crippen molar-refractivity contribution in [1.29, 1.82) is 0 Å². The molecule has 7 heteroatoms. The van der Waals surface area contributed by atoms with Gasteiger partial charge in [0.05, 0.1) is 11.4 Å². The Labute approximate surface area is 157 Å². The maximum absolute atomic E-state index is 12.9. The first-order chi connectivity index (χ1) is 12.0. The minimum atomic E-state index is -0.445. The van der Waals surface area contributed by atoms with Crippen molar-refractivity contribution >= 4 is 35.0 Å². The second-order valence-corrected chi connectivity index (χ2v) is 7.42. The molecule has 2 aromatic rings. The lowest BCUT2D eigenvalue weighted by molar-refractivity contribution is -0.127. The second-order valence-electron chi connectivity index (χ2n) is 6.05. The molecule has 0 unspecified atom stereocenters. The van der Waals surface area contributed by atoms with Crippen molar-refractivity contribution < 1.29 is 4.79 Å². The van der Waals surface area contributed by atoms with Crippen molar-refractivity contribution in [3.63, 3.8) is 0 Å². The Kier molecular flexibility index (Phi) is 5.44. The molecule has 2 heterocycles. The lowest BCUT2D eigenvalue weighted by Gasteiger charge is -2.14. The van der Waals surface area contributed by atoms with Gasteiger partial charge in [-0.15, -0.1) is 0 Å². The summed E-state index contributed by atoms with van der Waals surface area (Å²) in [6, 6.07) is 9.50. The molecule has 5 nitrogen and oxygen atoms in total. The maximum Gasteiger partial charge on any atom is 0.256 e. The highest BCUT2D eigenvalue weighted by Crippen LogP contribution is 2.29. The molecular weight excluding hydrogens is 352 g/mol. The van der Waals surface area contributed by atoms with Gasteiger partial charge in [0.15, 0.2) is 5.11 Å². The van der Waals surface area contributed by atoms with Gasteiger partial charge >= 0.3 is 0 Å². The van der Waals surface area contributed by atoms with Crippen LogP contribution in [0.5, 0.6) is 0 Å². The molecule has 0 saturated carbocycles. The van der Waals surface area contributed by atoms with E-state index in [0.717, 1.165) is 34.8 Å². The number of thiocarbonyl (C=S) groups is 1. The molecule has 1 aromatic carbocycles. The number of amides is 1. The van der Waals surface area contributed by atoms with Gasteiger partial charge in [-0.2, -0.15) is 16.9 Å². The quantitative estimate of drug-likeness (QED) is 0.622. The van der Waals surface area contributed by atoms with Crippen molar-refractivity contribution in [3.05, 3.63) is 47.3 Å². The van der Waals surface area contributed by atoms with Crippen LogP contribution in [0.15, 0.2) is 30.3 Å². The minimum Gasteiger partial charge on any atom is -0.347 e. The summed E-state index contributed by atoms with van der Waals surface area (Å²) in [6.07, 6.45) is 3.00. The summed E-state index contributed by atoms with van der Waals surface area (Å²) in [4.78, 5) is 14.6. The van der Waals surface area contributed by atoms with E-state index in [4.69, 9.17) is 12.2 Å². The molecule has 25 heavy (non-hydrogen) atoms. The average Bonchev–Trinajstić information content (AvgIpc) is 3.05. The molecule has 0 spiro atoms. The molecule has 0 radical (unpaired) electrons. The normalized spacial score (nSPS) is 17.2. The Hall–Kier alpha value is -1.86. The summed E-state index contributed by atoms with van der Waals surface area (Å²) >= 11 is 7.17. The highest BCUT2D eigenvalue weighted by atomic mass is 32.2. The number of nitrogens with zero attached hydrogens (tertiary/aromatic N) is 3. The molecule has 1 aliphatic rings. The topological polar surface area (TPSA) is 50.2 Å². The van der Waals surface area contributed by atoms with Crippen LogP contribution in [0.1, 0.15) is 29.4 Å². The average molecular weight is 375 g/mol. The summed E-state index contributed by atoms with van der Waals surface area (Å²) < 4.78 is 1.89. The number of hydrogen-bond acceptors (Lipinski definition) is 4. The Morgan fingerprint density at radius 1 is 1.28 bits per heavy atom. The maximum atomic E-state index is 12.9. The van der Waals surface area contributed by atoms with Crippen molar-refractivity contribution in [2.45, 2.75) is 26.3 Å². The van der Waals surface area contributed by atoms with E-state index in [1.54, 1.807) is 16.7 Å². The molecule has 1 fully saturated rings. The van der Waals surface area contributed by atoms with E-state index in [9.17, 15) is 4.79 Å². The van der Waals surface area contributed by atoms with Crippen LogP contribution in [-0.2, 0) is 4.79 Å². The molecule has 1 saturated heterocycles. The van der Waals surface area contributed by atoms with Crippen LogP contribution in [0, 0.1) is 13.8 Å². The monoisotopic (exact) mass is 374 g/mol. The van der Waals surface area contributed by atoms with E-state index >= 15 is 0 Å². The minimum absolute atomic E-state index is 0.0184. The first kappa shape index (κ1) is 17.9. The van der Waals surface area contributed by atoms with Crippen molar-refractivity contribution in [1.82, 2.24) is 20.0 Å². The van der Waals surface area contributed by atoms with Gasteiger partial charge in [-0.1, -0.05) is 18.2 Å². The zero-order valence-corrected chi connectivity index (χ0v) is 16.3. The predicted molar refractivity (Wildman–Crippen MR) is 106 cm³/mol. The van der Waals surface area contributed by atoms with E-state index in [-0.39, 0.29) is 5.91 Å². The molecule has 1 aliphatic heterocycles. The number of aromatic nitrogens is 2. The molecule has 1 amide bonds. The first-order valence-corrected chi connectivity index (χ1v) is 10.1. The van der Waals surface area contributed by atoms with Gasteiger partial charge in [0.1, 0.15) is 6.04 Å². The Morgan fingerprint density at radius 2 is 2.00 bits per heavy atom. The molecule has 1 aromatic heterocycles. The van der Waals surface area contributed by atoms with Gasteiger partial charge in [0.2, 0.25) is 0 Å². The molecule has 3 rings (SSSR count). The van der Waals surface area contributed by atoms with Crippen LogP contribution in [0.25, 0.3) is 5.69 Å². The largest absolute Gasteiger partial charge is 0.347 e. The van der Waals surface area contributed by atoms with E-state index in [0.29, 0.717) is 11.7 Å². The van der Waals surface area contributed by atoms with Crippen molar-refractivity contribution in [2.24, 2.45) is 0 Å². The molecule has 0 bridgehead atoms. The van der Waals surface area contributed by atoms with Crippen LogP contribution in [0.2, 0.25) is 0 Å². The van der Waals surface area contributed by atoms with E-state index < -0.39 is 6.04 Å². The van der Waals surface area contributed by atoms with Crippen molar-refractivity contribution in [3.8, 4) is 5.69 Å². The zero-order chi connectivity index (χ0) is 18.0. The highest BCUT2D eigenvalue weighted by Gasteiger charge is 2.39. The number of para-hydroxylation sites is 1. The number of carbonyl (C=O) groups excluding carboxylic acids is 1. The standard InChI is InChI=1S/C18H22N4OS2/c1-12-15(13(2)22(20-12)14-8-5-4-6-9-14)16-17(23)21(18(24)19-16)10-7-11-25-3/h4-6,8-9,16H,7,10-11H2,1-3H3,(H,19,24)/t16-/m1/s1. The first-order valence-electron chi connectivity index (χ1n) is 8.27. The molecule has 1 atom stereocenters. The SMILES string of the molecule is CSCCCN1C(=O)[C@@H](c2c(C)nn(-c3ccccc3)c2C)NC1=S. The fourth-order valence-electron chi connectivity index (χ4n) is 3.19. The summed E-state index contributed by atoms with van der Waals surface area (Å²) in [5.41, 5.74) is 3.71. The van der Waals surface area contributed by atoms with Crippen LogP contribution in [-0.4, -0.2) is 44.3 Å². The van der Waals surface area contributed by atoms with Gasteiger partial charge in [-0.3, -0.25) is 9.69 Å². The van der Waals surface area contributed by atoms with Crippen LogP contribution in [0.3, 0.4) is 0 Å². The fraction of sp³-hybridized carbons (Fsp3) is 0.389. The predicted octanol–water partition coefficient (Wildman–Crippen LogP) is 3.00. The van der Waals surface area contributed by atoms with Gasteiger partial charge in [0.25, 0.3) is 5.91 Å². The number of rotatable bonds is 6. The highest BCUT2D eigenvalue weighted by molar-refractivity contribution is 7.98. The van der Waals surface area contributed by atoms with Gasteiger partial charge in [-0.05, 0) is 56.6 Å². The van der Waals surface area contributed by atoms with Crippen molar-refractivity contribution in [2.75, 3.05) is 18.6 Å². The van der Waals surface area contributed by atoms with Gasteiger partial charge < -0.3 is 5.32 Å². The van der Waals surface area contributed by atoms with E-state index in [1.807, 2.05) is 48.9 Å². The smallest absolute Gasteiger partial charge is 0.256 e. The molecule has 0 aliphatic carbocycles. The van der Waals surface area contributed by atoms with Crippen LogP contribution in [0.4, 0.5) is 0 Å². The summed E-state index contributed by atoms with van der Waals surface area (Å²) in [6.45, 7) is 4.60. The zero-order valence-electron chi connectivity index (χ0n) is 14.7. The summed E-state index contributed by atoms with van der Waals surface area (Å²) in [7, 11) is 0. The van der Waals surface area contributed by atoms with E-state index in [2.05, 4.69) is 16.7 Å². The summed E-state index contributed by atoms with van der Waals surface area (Å²) in [5.74, 6) is 1.03. The van der Waals surface area contributed by atoms with Crippen LogP contribution >= 0.6 is 24.0 Å². The molecule has 132 valence electrons. The number of aryl methyl sites for hydroxylation is 1. The van der Waals surface area contributed by atoms with E-state index in [1.165, 1.54) is 0 Å². The van der Waals surface area contributed by atoms with Gasteiger partial charge in [0, 0.05) is 17.8 Å². The fourth-order valence-corrected chi connectivity index (χ4v) is 3.90. The number of carbonyl (C=O) groups is 1. The second kappa shape index (κ2) is 7.58. The number of thioether (sulfide) groups is 1. The van der Waals surface area contributed by atoms with Crippen LogP contribution < -0.4 is 5.32 Å². The molecular formula is C18H22N4OS2. The molecule has 1 N–H and O–H groups in total. The number of nitrogens with one attached hydrogen (secondary N) is 1. The lowest BCUT2D eigenvalue weighted by atomic mass is 10.0. The Balaban J connectivity index is 1.89.